The van der Waals surface area contributed by atoms with Gasteiger partial charge in [-0.3, -0.25) is 4.98 Å². The van der Waals surface area contributed by atoms with E-state index in [2.05, 4.69) is 55.3 Å². The lowest BCUT2D eigenvalue weighted by atomic mass is 9.92. The molecule has 90 valence electrons. The molecule has 0 radical (unpaired) electrons. The number of nitrogens with zero attached hydrogens (tertiary/aromatic N) is 1. The van der Waals surface area contributed by atoms with Crippen molar-refractivity contribution in [3.8, 4) is 0 Å². The van der Waals surface area contributed by atoms with Gasteiger partial charge in [0, 0.05) is 23.8 Å². The van der Waals surface area contributed by atoms with E-state index in [9.17, 15) is 0 Å². The summed E-state index contributed by atoms with van der Waals surface area (Å²) in [6.07, 6.45) is 3.80. The lowest BCUT2D eigenvalue weighted by Gasteiger charge is -2.23. The summed E-state index contributed by atoms with van der Waals surface area (Å²) in [6.45, 7) is 7.66. The Morgan fingerprint density at radius 3 is 2.76 bits per heavy atom. The molecule has 0 spiro atoms. The van der Waals surface area contributed by atoms with Crippen LogP contribution in [0.15, 0.2) is 36.7 Å². The Morgan fingerprint density at radius 1 is 1.24 bits per heavy atom. The molecular weight excluding hydrogens is 208 g/mol. The summed E-state index contributed by atoms with van der Waals surface area (Å²) in [5.74, 6) is 0.578. The highest BCUT2D eigenvalue weighted by molar-refractivity contribution is 5.85. The number of aromatic nitrogens is 1. The Morgan fingerprint density at radius 2 is 2.06 bits per heavy atom. The van der Waals surface area contributed by atoms with E-state index in [1.807, 2.05) is 12.4 Å². The Hall–Kier alpha value is -1.41. The van der Waals surface area contributed by atoms with Crippen LogP contribution in [0.2, 0.25) is 0 Å². The molecule has 0 aliphatic carbocycles. The lowest BCUT2D eigenvalue weighted by Crippen LogP contribution is -2.25. The van der Waals surface area contributed by atoms with Gasteiger partial charge in [0.25, 0.3) is 0 Å². The first-order chi connectivity index (χ1) is 8.24. The average Bonchev–Trinajstić information content (AvgIpc) is 2.35. The van der Waals surface area contributed by atoms with Crippen molar-refractivity contribution in [2.45, 2.75) is 26.8 Å². The maximum Gasteiger partial charge on any atom is 0.0349 e. The molecule has 2 heteroatoms. The van der Waals surface area contributed by atoms with Gasteiger partial charge in [0.2, 0.25) is 0 Å². The average molecular weight is 228 g/mol. The number of fused-ring (bicyclic) bond motifs is 1. The van der Waals surface area contributed by atoms with Crippen molar-refractivity contribution >= 4 is 10.8 Å². The molecule has 1 N–H and O–H groups in total. The van der Waals surface area contributed by atoms with Gasteiger partial charge in [0.15, 0.2) is 0 Å². The molecule has 0 aliphatic rings. The third-order valence-electron chi connectivity index (χ3n) is 3.14. The van der Waals surface area contributed by atoms with Crippen molar-refractivity contribution in [1.29, 1.82) is 0 Å². The number of benzene rings is 1. The summed E-state index contributed by atoms with van der Waals surface area (Å²) in [6, 6.07) is 8.97. The second-order valence-electron chi connectivity index (χ2n) is 4.72. The predicted octanol–water partition coefficient (Wildman–Crippen LogP) is 3.54. The molecule has 0 bridgehead atoms. The van der Waals surface area contributed by atoms with Crippen LogP contribution >= 0.6 is 0 Å². The Kier molecular flexibility index (Phi) is 3.75. The minimum absolute atomic E-state index is 0.408. The van der Waals surface area contributed by atoms with Crippen LogP contribution < -0.4 is 5.32 Å². The Bertz CT molecular complexity index is 486. The number of hydrogen-bond acceptors (Lipinski definition) is 2. The predicted molar refractivity (Wildman–Crippen MR) is 73.0 cm³/mol. The SMILES string of the molecule is CCNC(c1cccc2cnccc12)C(C)C. The van der Waals surface area contributed by atoms with E-state index in [1.54, 1.807) is 0 Å². The molecule has 1 aromatic carbocycles. The molecule has 2 nitrogen and oxygen atoms in total. The largest absolute Gasteiger partial charge is 0.310 e. The highest BCUT2D eigenvalue weighted by Crippen LogP contribution is 2.28. The molecule has 0 aliphatic heterocycles. The molecule has 17 heavy (non-hydrogen) atoms. The van der Waals surface area contributed by atoms with Crippen molar-refractivity contribution in [2.75, 3.05) is 6.54 Å². The standard InChI is InChI=1S/C15H20N2/c1-4-17-15(11(2)3)14-7-5-6-12-10-16-9-8-13(12)14/h5-11,15,17H,4H2,1-3H3. The van der Waals surface area contributed by atoms with E-state index in [4.69, 9.17) is 0 Å². The number of rotatable bonds is 4. The van der Waals surface area contributed by atoms with E-state index in [0.717, 1.165) is 6.54 Å². The van der Waals surface area contributed by atoms with Gasteiger partial charge in [-0.1, -0.05) is 39.0 Å². The van der Waals surface area contributed by atoms with Crippen molar-refractivity contribution in [3.05, 3.63) is 42.2 Å². The fraction of sp³-hybridized carbons (Fsp3) is 0.400. The van der Waals surface area contributed by atoms with E-state index in [-0.39, 0.29) is 0 Å². The summed E-state index contributed by atoms with van der Waals surface area (Å²) in [5.41, 5.74) is 1.38. The van der Waals surface area contributed by atoms with Crippen molar-refractivity contribution < 1.29 is 0 Å². The molecule has 0 amide bonds. The fourth-order valence-electron chi connectivity index (χ4n) is 2.34. The van der Waals surface area contributed by atoms with E-state index >= 15 is 0 Å². The van der Waals surface area contributed by atoms with E-state index in [1.165, 1.54) is 16.3 Å². The third kappa shape index (κ3) is 2.47. The lowest BCUT2D eigenvalue weighted by molar-refractivity contribution is 0.424. The number of hydrogen-bond donors (Lipinski definition) is 1. The summed E-state index contributed by atoms with van der Waals surface area (Å²) >= 11 is 0. The monoisotopic (exact) mass is 228 g/mol. The molecule has 2 rings (SSSR count). The molecular formula is C15H20N2. The molecule has 1 heterocycles. The highest BCUT2D eigenvalue weighted by atomic mass is 14.9. The summed E-state index contributed by atoms with van der Waals surface area (Å²) in [5, 5.41) is 6.09. The van der Waals surface area contributed by atoms with Crippen LogP contribution in [0.25, 0.3) is 10.8 Å². The first-order valence-electron chi connectivity index (χ1n) is 6.30. The van der Waals surface area contributed by atoms with Crippen LogP contribution in [0.5, 0.6) is 0 Å². The van der Waals surface area contributed by atoms with Crippen LogP contribution in [0.4, 0.5) is 0 Å². The zero-order chi connectivity index (χ0) is 12.3. The zero-order valence-electron chi connectivity index (χ0n) is 10.8. The van der Waals surface area contributed by atoms with Crippen molar-refractivity contribution in [3.63, 3.8) is 0 Å². The van der Waals surface area contributed by atoms with Gasteiger partial charge in [-0.25, -0.2) is 0 Å². The minimum Gasteiger partial charge on any atom is -0.310 e. The van der Waals surface area contributed by atoms with Crippen LogP contribution in [0.3, 0.4) is 0 Å². The van der Waals surface area contributed by atoms with Gasteiger partial charge in [-0.2, -0.15) is 0 Å². The second-order valence-corrected chi connectivity index (χ2v) is 4.72. The Balaban J connectivity index is 2.52. The third-order valence-corrected chi connectivity index (χ3v) is 3.14. The van der Waals surface area contributed by atoms with Crippen LogP contribution in [0.1, 0.15) is 32.4 Å². The Labute approximate surface area is 103 Å². The molecule has 0 fully saturated rings. The molecule has 2 aromatic rings. The topological polar surface area (TPSA) is 24.9 Å². The maximum atomic E-state index is 4.18. The van der Waals surface area contributed by atoms with Gasteiger partial charge in [-0.15, -0.1) is 0 Å². The fourth-order valence-corrected chi connectivity index (χ4v) is 2.34. The van der Waals surface area contributed by atoms with Gasteiger partial charge in [0.05, 0.1) is 0 Å². The number of nitrogens with one attached hydrogen (secondary N) is 1. The van der Waals surface area contributed by atoms with Gasteiger partial charge < -0.3 is 5.32 Å². The maximum absolute atomic E-state index is 4.18. The van der Waals surface area contributed by atoms with E-state index < -0.39 is 0 Å². The second kappa shape index (κ2) is 5.28. The molecule has 1 atom stereocenters. The van der Waals surface area contributed by atoms with Gasteiger partial charge in [-0.05, 0) is 29.5 Å². The normalized spacial score (nSPS) is 13.2. The molecule has 1 aromatic heterocycles. The minimum atomic E-state index is 0.408. The summed E-state index contributed by atoms with van der Waals surface area (Å²) in [4.78, 5) is 4.18. The first kappa shape index (κ1) is 12.1. The highest BCUT2D eigenvalue weighted by Gasteiger charge is 2.16. The zero-order valence-corrected chi connectivity index (χ0v) is 10.8. The van der Waals surface area contributed by atoms with Crippen LogP contribution in [-0.2, 0) is 0 Å². The molecule has 0 saturated carbocycles. The molecule has 1 unspecified atom stereocenters. The van der Waals surface area contributed by atoms with Gasteiger partial charge in [0.1, 0.15) is 0 Å². The quantitative estimate of drug-likeness (QED) is 0.865. The van der Waals surface area contributed by atoms with Crippen molar-refractivity contribution in [1.82, 2.24) is 10.3 Å². The smallest absolute Gasteiger partial charge is 0.0349 e. The molecule has 0 saturated heterocycles. The first-order valence-corrected chi connectivity index (χ1v) is 6.30. The van der Waals surface area contributed by atoms with Crippen LogP contribution in [-0.4, -0.2) is 11.5 Å². The summed E-state index contributed by atoms with van der Waals surface area (Å²) in [7, 11) is 0. The van der Waals surface area contributed by atoms with Crippen molar-refractivity contribution in [2.24, 2.45) is 5.92 Å². The number of pyridine rings is 1. The van der Waals surface area contributed by atoms with Gasteiger partial charge >= 0.3 is 0 Å². The van der Waals surface area contributed by atoms with Crippen LogP contribution in [0, 0.1) is 5.92 Å². The summed E-state index contributed by atoms with van der Waals surface area (Å²) < 4.78 is 0. The van der Waals surface area contributed by atoms with E-state index in [0.29, 0.717) is 12.0 Å².